The number of rotatable bonds is 7. The fraction of sp³-hybridized carbons (Fsp3) is 0.917. The summed E-state index contributed by atoms with van der Waals surface area (Å²) in [5, 5.41) is 10.1. The first-order valence-corrected chi connectivity index (χ1v) is 5.90. The average Bonchev–Trinajstić information content (AvgIpc) is 2.19. The summed E-state index contributed by atoms with van der Waals surface area (Å²) >= 11 is 0. The molecule has 0 heterocycles. The van der Waals surface area contributed by atoms with Crippen LogP contribution in [0.3, 0.4) is 0 Å². The number of aliphatic hydroxyl groups is 1. The van der Waals surface area contributed by atoms with Crippen molar-refractivity contribution in [2.45, 2.75) is 59.0 Å². The van der Waals surface area contributed by atoms with Crippen molar-refractivity contribution in [2.75, 3.05) is 6.61 Å². The van der Waals surface area contributed by atoms with E-state index < -0.39 is 11.6 Å². The molecule has 0 amide bonds. The molecule has 90 valence electrons. The molecule has 0 aliphatic carbocycles. The molecule has 2 unspecified atom stereocenters. The van der Waals surface area contributed by atoms with Gasteiger partial charge in [-0.3, -0.25) is 0 Å². The lowest BCUT2D eigenvalue weighted by atomic mass is 9.83. The molecule has 3 nitrogen and oxygen atoms in total. The molecule has 0 aromatic carbocycles. The number of ether oxygens (including phenoxy) is 1. The van der Waals surface area contributed by atoms with Crippen LogP contribution in [-0.4, -0.2) is 23.3 Å². The SMILES string of the molecule is CCCCC(CC)C(C)(O)C(=O)OCC. The maximum Gasteiger partial charge on any atom is 0.338 e. The van der Waals surface area contributed by atoms with Gasteiger partial charge in [0.25, 0.3) is 0 Å². The third kappa shape index (κ3) is 4.20. The van der Waals surface area contributed by atoms with Crippen LogP contribution < -0.4 is 0 Å². The van der Waals surface area contributed by atoms with E-state index in [4.69, 9.17) is 4.74 Å². The van der Waals surface area contributed by atoms with Gasteiger partial charge in [-0.1, -0.05) is 26.7 Å². The second kappa shape index (κ2) is 6.83. The lowest BCUT2D eigenvalue weighted by Crippen LogP contribution is -2.44. The van der Waals surface area contributed by atoms with Gasteiger partial charge in [-0.15, -0.1) is 0 Å². The van der Waals surface area contributed by atoms with Gasteiger partial charge in [0, 0.05) is 0 Å². The van der Waals surface area contributed by atoms with Crippen molar-refractivity contribution in [3.8, 4) is 0 Å². The van der Waals surface area contributed by atoms with Gasteiger partial charge in [-0.05, 0) is 32.6 Å². The molecule has 0 spiro atoms. The van der Waals surface area contributed by atoms with E-state index in [9.17, 15) is 9.90 Å². The number of hydrogen-bond donors (Lipinski definition) is 1. The second-order valence-electron chi connectivity index (χ2n) is 4.12. The molecule has 1 N–H and O–H groups in total. The molecule has 0 saturated carbocycles. The van der Waals surface area contributed by atoms with Crippen LogP contribution in [0.25, 0.3) is 0 Å². The number of carbonyl (C=O) groups is 1. The zero-order valence-electron chi connectivity index (χ0n) is 10.4. The number of carbonyl (C=O) groups excluding carboxylic acids is 1. The third-order valence-corrected chi connectivity index (χ3v) is 2.88. The molecular formula is C12H24O3. The Balaban J connectivity index is 4.42. The lowest BCUT2D eigenvalue weighted by Gasteiger charge is -2.29. The second-order valence-corrected chi connectivity index (χ2v) is 4.12. The fourth-order valence-corrected chi connectivity index (χ4v) is 1.78. The number of unbranched alkanes of at least 4 members (excludes halogenated alkanes) is 1. The maximum absolute atomic E-state index is 11.6. The predicted octanol–water partition coefficient (Wildman–Crippen LogP) is 2.52. The van der Waals surface area contributed by atoms with Gasteiger partial charge in [0.2, 0.25) is 0 Å². The van der Waals surface area contributed by atoms with Gasteiger partial charge in [0.05, 0.1) is 6.61 Å². The van der Waals surface area contributed by atoms with Gasteiger partial charge < -0.3 is 9.84 Å². The Labute approximate surface area is 92.8 Å². The lowest BCUT2D eigenvalue weighted by molar-refractivity contribution is -0.169. The van der Waals surface area contributed by atoms with E-state index in [0.717, 1.165) is 25.7 Å². The summed E-state index contributed by atoms with van der Waals surface area (Å²) in [6.07, 6.45) is 3.79. The summed E-state index contributed by atoms with van der Waals surface area (Å²) in [5.41, 5.74) is -1.33. The highest BCUT2D eigenvalue weighted by Crippen LogP contribution is 2.27. The maximum atomic E-state index is 11.6. The first kappa shape index (κ1) is 14.4. The van der Waals surface area contributed by atoms with E-state index >= 15 is 0 Å². The molecule has 3 heteroatoms. The van der Waals surface area contributed by atoms with E-state index in [1.807, 2.05) is 6.92 Å². The predicted molar refractivity (Wildman–Crippen MR) is 60.6 cm³/mol. The highest BCUT2D eigenvalue weighted by Gasteiger charge is 2.39. The molecule has 0 radical (unpaired) electrons. The van der Waals surface area contributed by atoms with Gasteiger partial charge in [0.1, 0.15) is 0 Å². The van der Waals surface area contributed by atoms with Crippen LogP contribution in [-0.2, 0) is 9.53 Å². The highest BCUT2D eigenvalue weighted by molar-refractivity contribution is 5.79. The monoisotopic (exact) mass is 216 g/mol. The normalized spacial score (nSPS) is 16.9. The minimum atomic E-state index is -1.33. The summed E-state index contributed by atoms with van der Waals surface area (Å²) in [4.78, 5) is 11.6. The first-order valence-electron chi connectivity index (χ1n) is 5.90. The largest absolute Gasteiger partial charge is 0.464 e. The van der Waals surface area contributed by atoms with Crippen molar-refractivity contribution >= 4 is 5.97 Å². The van der Waals surface area contributed by atoms with Gasteiger partial charge >= 0.3 is 5.97 Å². The molecule has 0 fully saturated rings. The molecule has 15 heavy (non-hydrogen) atoms. The Bertz CT molecular complexity index is 187. The molecule has 0 saturated heterocycles. The number of esters is 1. The van der Waals surface area contributed by atoms with Crippen LogP contribution in [0.2, 0.25) is 0 Å². The van der Waals surface area contributed by atoms with E-state index in [2.05, 4.69) is 6.92 Å². The molecule has 0 bridgehead atoms. The molecule has 0 aromatic rings. The van der Waals surface area contributed by atoms with E-state index in [1.54, 1.807) is 13.8 Å². The Kier molecular flexibility index (Phi) is 6.57. The topological polar surface area (TPSA) is 46.5 Å². The van der Waals surface area contributed by atoms with Crippen molar-refractivity contribution < 1.29 is 14.6 Å². The summed E-state index contributed by atoms with van der Waals surface area (Å²) in [6.45, 7) is 7.73. The Morgan fingerprint density at radius 2 is 2.00 bits per heavy atom. The summed E-state index contributed by atoms with van der Waals surface area (Å²) in [7, 11) is 0. The van der Waals surface area contributed by atoms with Crippen LogP contribution in [0.5, 0.6) is 0 Å². The summed E-state index contributed by atoms with van der Waals surface area (Å²) in [5.74, 6) is -0.496. The van der Waals surface area contributed by atoms with Gasteiger partial charge in [0.15, 0.2) is 5.60 Å². The van der Waals surface area contributed by atoms with Crippen LogP contribution in [0.4, 0.5) is 0 Å². The van der Waals surface area contributed by atoms with Crippen LogP contribution >= 0.6 is 0 Å². The van der Waals surface area contributed by atoms with Crippen molar-refractivity contribution in [2.24, 2.45) is 5.92 Å². The van der Waals surface area contributed by atoms with Crippen molar-refractivity contribution in [3.63, 3.8) is 0 Å². The smallest absolute Gasteiger partial charge is 0.338 e. The minimum absolute atomic E-state index is 0.00324. The number of hydrogen-bond acceptors (Lipinski definition) is 3. The molecule has 2 atom stereocenters. The average molecular weight is 216 g/mol. The Hall–Kier alpha value is -0.570. The minimum Gasteiger partial charge on any atom is -0.464 e. The Morgan fingerprint density at radius 3 is 2.40 bits per heavy atom. The molecule has 0 aromatic heterocycles. The molecule has 0 rings (SSSR count). The molecule has 0 aliphatic heterocycles. The van der Waals surface area contributed by atoms with E-state index in [0.29, 0.717) is 6.61 Å². The fourth-order valence-electron chi connectivity index (χ4n) is 1.78. The highest BCUT2D eigenvalue weighted by atomic mass is 16.5. The third-order valence-electron chi connectivity index (χ3n) is 2.88. The van der Waals surface area contributed by atoms with Crippen LogP contribution in [0.15, 0.2) is 0 Å². The Morgan fingerprint density at radius 1 is 1.40 bits per heavy atom. The van der Waals surface area contributed by atoms with Gasteiger partial charge in [-0.2, -0.15) is 0 Å². The zero-order valence-corrected chi connectivity index (χ0v) is 10.4. The molecular weight excluding hydrogens is 192 g/mol. The van der Waals surface area contributed by atoms with Crippen LogP contribution in [0.1, 0.15) is 53.4 Å². The van der Waals surface area contributed by atoms with Crippen molar-refractivity contribution in [3.05, 3.63) is 0 Å². The quantitative estimate of drug-likeness (QED) is 0.665. The van der Waals surface area contributed by atoms with Gasteiger partial charge in [-0.25, -0.2) is 4.79 Å². The summed E-state index contributed by atoms with van der Waals surface area (Å²) < 4.78 is 4.88. The standard InChI is InChI=1S/C12H24O3/c1-5-8-9-10(6-2)12(4,14)11(13)15-7-3/h10,14H,5-9H2,1-4H3. The van der Waals surface area contributed by atoms with Crippen LogP contribution in [0, 0.1) is 5.92 Å². The summed E-state index contributed by atoms with van der Waals surface area (Å²) in [6, 6.07) is 0. The zero-order chi connectivity index (χ0) is 11.9. The van der Waals surface area contributed by atoms with E-state index in [1.165, 1.54) is 0 Å². The molecule has 0 aliphatic rings. The van der Waals surface area contributed by atoms with E-state index in [-0.39, 0.29) is 5.92 Å². The van der Waals surface area contributed by atoms with Crippen molar-refractivity contribution in [1.29, 1.82) is 0 Å². The van der Waals surface area contributed by atoms with Crippen molar-refractivity contribution in [1.82, 2.24) is 0 Å². The first-order chi connectivity index (χ1) is 7.00.